The molecule has 5 heteroatoms. The Morgan fingerprint density at radius 2 is 1.95 bits per heavy atom. The number of nitrogens with two attached hydrogens (primary N) is 1. The van der Waals surface area contributed by atoms with Gasteiger partial charge in [-0.15, -0.1) is 0 Å². The molecule has 2 aromatic rings. The molecule has 0 spiro atoms. The first kappa shape index (κ1) is 13.0. The highest BCUT2D eigenvalue weighted by molar-refractivity contribution is 5.92. The van der Waals surface area contributed by atoms with E-state index < -0.39 is 5.91 Å². The SMILES string of the molecule is NC(=O)c1ccc(Oc2ccc(CCO)cc2)nc1. The maximum Gasteiger partial charge on any atom is 0.250 e. The lowest BCUT2D eigenvalue weighted by atomic mass is 10.1. The van der Waals surface area contributed by atoms with E-state index in [4.69, 9.17) is 15.6 Å². The second-order valence-electron chi connectivity index (χ2n) is 3.97. The van der Waals surface area contributed by atoms with Crippen LogP contribution in [0, 0.1) is 0 Å². The fraction of sp³-hybridized carbons (Fsp3) is 0.143. The molecule has 1 aromatic heterocycles. The Morgan fingerprint density at radius 3 is 2.47 bits per heavy atom. The van der Waals surface area contributed by atoms with Gasteiger partial charge in [0.2, 0.25) is 11.8 Å². The third-order valence-electron chi connectivity index (χ3n) is 2.57. The molecular formula is C14H14N2O3. The minimum absolute atomic E-state index is 0.121. The van der Waals surface area contributed by atoms with E-state index in [2.05, 4.69) is 4.98 Å². The first-order valence-corrected chi connectivity index (χ1v) is 5.82. The average Bonchev–Trinajstić information content (AvgIpc) is 2.42. The number of aromatic nitrogens is 1. The number of benzene rings is 1. The molecule has 0 aliphatic rings. The molecule has 0 aliphatic carbocycles. The summed E-state index contributed by atoms with van der Waals surface area (Å²) in [6.07, 6.45) is 1.99. The monoisotopic (exact) mass is 258 g/mol. The van der Waals surface area contributed by atoms with Crippen molar-refractivity contribution in [1.82, 2.24) is 4.98 Å². The smallest absolute Gasteiger partial charge is 0.250 e. The van der Waals surface area contributed by atoms with Gasteiger partial charge >= 0.3 is 0 Å². The first-order chi connectivity index (χ1) is 9.19. The molecule has 0 fully saturated rings. The van der Waals surface area contributed by atoms with Crippen LogP contribution in [0.1, 0.15) is 15.9 Å². The van der Waals surface area contributed by atoms with Gasteiger partial charge in [-0.1, -0.05) is 12.1 Å². The normalized spacial score (nSPS) is 10.2. The van der Waals surface area contributed by atoms with E-state index in [-0.39, 0.29) is 6.61 Å². The van der Waals surface area contributed by atoms with Crippen molar-refractivity contribution in [3.8, 4) is 11.6 Å². The minimum Gasteiger partial charge on any atom is -0.439 e. The molecule has 19 heavy (non-hydrogen) atoms. The summed E-state index contributed by atoms with van der Waals surface area (Å²) >= 11 is 0. The first-order valence-electron chi connectivity index (χ1n) is 5.82. The van der Waals surface area contributed by atoms with Crippen LogP contribution in [0.3, 0.4) is 0 Å². The fourth-order valence-corrected chi connectivity index (χ4v) is 1.56. The number of hydrogen-bond donors (Lipinski definition) is 2. The van der Waals surface area contributed by atoms with Gasteiger partial charge in [-0.2, -0.15) is 0 Å². The average molecular weight is 258 g/mol. The van der Waals surface area contributed by atoms with Crippen LogP contribution >= 0.6 is 0 Å². The number of carbonyl (C=O) groups excluding carboxylic acids is 1. The summed E-state index contributed by atoms with van der Waals surface area (Å²) in [5.41, 5.74) is 6.49. The highest BCUT2D eigenvalue weighted by Gasteiger charge is 2.03. The molecule has 1 amide bonds. The maximum absolute atomic E-state index is 10.9. The van der Waals surface area contributed by atoms with E-state index in [1.54, 1.807) is 24.3 Å². The van der Waals surface area contributed by atoms with Crippen molar-refractivity contribution in [2.45, 2.75) is 6.42 Å². The predicted molar refractivity (Wildman–Crippen MR) is 70.1 cm³/mol. The molecule has 3 N–H and O–H groups in total. The van der Waals surface area contributed by atoms with Gasteiger partial charge in [-0.3, -0.25) is 4.79 Å². The Labute approximate surface area is 110 Å². The van der Waals surface area contributed by atoms with Crippen molar-refractivity contribution in [3.63, 3.8) is 0 Å². The van der Waals surface area contributed by atoms with Gasteiger partial charge in [-0.25, -0.2) is 4.98 Å². The zero-order chi connectivity index (χ0) is 13.7. The highest BCUT2D eigenvalue weighted by Crippen LogP contribution is 2.19. The molecule has 98 valence electrons. The van der Waals surface area contributed by atoms with E-state index in [0.29, 0.717) is 23.6 Å². The van der Waals surface area contributed by atoms with Gasteiger partial charge in [0.15, 0.2) is 0 Å². The van der Waals surface area contributed by atoms with Crippen molar-refractivity contribution in [1.29, 1.82) is 0 Å². The highest BCUT2D eigenvalue weighted by atomic mass is 16.5. The Morgan fingerprint density at radius 1 is 1.21 bits per heavy atom. The predicted octanol–water partition coefficient (Wildman–Crippen LogP) is 1.51. The molecule has 0 aliphatic heterocycles. The number of hydrogen-bond acceptors (Lipinski definition) is 4. The van der Waals surface area contributed by atoms with Gasteiger partial charge in [0, 0.05) is 18.9 Å². The number of nitrogens with zero attached hydrogens (tertiary/aromatic N) is 1. The van der Waals surface area contributed by atoms with Crippen LogP contribution < -0.4 is 10.5 Å². The van der Waals surface area contributed by atoms with Crippen molar-refractivity contribution < 1.29 is 14.6 Å². The summed E-state index contributed by atoms with van der Waals surface area (Å²) in [4.78, 5) is 14.9. The van der Waals surface area contributed by atoms with Crippen molar-refractivity contribution in [2.24, 2.45) is 5.73 Å². The molecule has 1 aromatic carbocycles. The van der Waals surface area contributed by atoms with Crippen LogP contribution in [-0.4, -0.2) is 22.6 Å². The van der Waals surface area contributed by atoms with E-state index in [9.17, 15) is 4.79 Å². The zero-order valence-corrected chi connectivity index (χ0v) is 10.2. The molecule has 0 radical (unpaired) electrons. The van der Waals surface area contributed by atoms with Gasteiger partial charge in [0.05, 0.1) is 5.56 Å². The number of primary amides is 1. The number of aliphatic hydroxyl groups excluding tert-OH is 1. The van der Waals surface area contributed by atoms with E-state index in [1.165, 1.54) is 6.20 Å². The van der Waals surface area contributed by atoms with Crippen LogP contribution in [0.4, 0.5) is 0 Å². The van der Waals surface area contributed by atoms with Gasteiger partial charge in [0.25, 0.3) is 0 Å². The summed E-state index contributed by atoms with van der Waals surface area (Å²) in [5, 5.41) is 8.82. The molecule has 0 unspecified atom stereocenters. The van der Waals surface area contributed by atoms with Crippen LogP contribution in [0.5, 0.6) is 11.6 Å². The number of rotatable bonds is 5. The lowest BCUT2D eigenvalue weighted by Crippen LogP contribution is -2.10. The fourth-order valence-electron chi connectivity index (χ4n) is 1.56. The Hall–Kier alpha value is -2.40. The number of aliphatic hydroxyl groups is 1. The van der Waals surface area contributed by atoms with Gasteiger partial charge in [0.1, 0.15) is 5.75 Å². The number of pyridine rings is 1. The summed E-state index contributed by atoms with van der Waals surface area (Å²) in [6, 6.07) is 10.5. The van der Waals surface area contributed by atoms with Crippen molar-refractivity contribution in [2.75, 3.05) is 6.61 Å². The molecule has 5 nitrogen and oxygen atoms in total. The van der Waals surface area contributed by atoms with Crippen molar-refractivity contribution in [3.05, 3.63) is 53.7 Å². The second-order valence-corrected chi connectivity index (χ2v) is 3.97. The quantitative estimate of drug-likeness (QED) is 0.851. The number of ether oxygens (including phenoxy) is 1. The number of amides is 1. The molecule has 0 bridgehead atoms. The van der Waals surface area contributed by atoms with E-state index >= 15 is 0 Å². The van der Waals surface area contributed by atoms with Gasteiger partial charge in [-0.05, 0) is 30.2 Å². The maximum atomic E-state index is 10.9. The molecule has 0 atom stereocenters. The molecule has 1 heterocycles. The Kier molecular flexibility index (Phi) is 4.10. The van der Waals surface area contributed by atoms with Crippen LogP contribution in [0.25, 0.3) is 0 Å². The van der Waals surface area contributed by atoms with E-state index in [1.807, 2.05) is 12.1 Å². The molecule has 2 rings (SSSR count). The lowest BCUT2D eigenvalue weighted by Gasteiger charge is -2.05. The van der Waals surface area contributed by atoms with Crippen molar-refractivity contribution >= 4 is 5.91 Å². The Bertz CT molecular complexity index is 550. The Balaban J connectivity index is 2.06. The molecule has 0 saturated carbocycles. The summed E-state index contributed by atoms with van der Waals surface area (Å²) in [6.45, 7) is 0.121. The van der Waals surface area contributed by atoms with Crippen LogP contribution in [0.15, 0.2) is 42.6 Å². The third-order valence-corrected chi connectivity index (χ3v) is 2.57. The topological polar surface area (TPSA) is 85.4 Å². The molecule has 0 saturated heterocycles. The zero-order valence-electron chi connectivity index (χ0n) is 10.2. The molecular weight excluding hydrogens is 244 g/mol. The van der Waals surface area contributed by atoms with Gasteiger partial charge < -0.3 is 15.6 Å². The summed E-state index contributed by atoms with van der Waals surface area (Å²) < 4.78 is 5.52. The van der Waals surface area contributed by atoms with E-state index in [0.717, 1.165) is 5.56 Å². The summed E-state index contributed by atoms with van der Waals surface area (Å²) in [7, 11) is 0. The third kappa shape index (κ3) is 3.53. The minimum atomic E-state index is -0.521. The largest absolute Gasteiger partial charge is 0.439 e. The lowest BCUT2D eigenvalue weighted by molar-refractivity contribution is 0.1000. The summed E-state index contributed by atoms with van der Waals surface area (Å²) in [5.74, 6) is 0.508. The standard InChI is InChI=1S/C14H14N2O3/c15-14(18)11-3-6-13(16-9-11)19-12-4-1-10(2-5-12)7-8-17/h1-6,9,17H,7-8H2,(H2,15,18). The van der Waals surface area contributed by atoms with Crippen LogP contribution in [0.2, 0.25) is 0 Å². The second kappa shape index (κ2) is 5.97. The number of carbonyl (C=O) groups is 1. The van der Waals surface area contributed by atoms with Crippen LogP contribution in [-0.2, 0) is 6.42 Å².